The third-order valence-electron chi connectivity index (χ3n) is 3.68. The second-order valence-electron chi connectivity index (χ2n) is 5.77. The van der Waals surface area contributed by atoms with Crippen molar-refractivity contribution in [3.8, 4) is 11.8 Å². The van der Waals surface area contributed by atoms with Crippen LogP contribution in [0.5, 0.6) is 0 Å². The molecule has 0 fully saturated rings. The van der Waals surface area contributed by atoms with Crippen molar-refractivity contribution in [2.24, 2.45) is 0 Å². The fraction of sp³-hybridized carbons (Fsp3) is 0.238. The van der Waals surface area contributed by atoms with Gasteiger partial charge in [0, 0.05) is 5.56 Å². The summed E-state index contributed by atoms with van der Waals surface area (Å²) in [5.41, 5.74) is -2.79. The zero-order valence-electron chi connectivity index (χ0n) is 15.5. The highest BCUT2D eigenvalue weighted by atomic mass is 19.4. The molecule has 0 heterocycles. The van der Waals surface area contributed by atoms with Crippen LogP contribution in [0.15, 0.2) is 60.7 Å². The first-order valence-corrected chi connectivity index (χ1v) is 8.59. The maximum absolute atomic E-state index is 13.9. The van der Waals surface area contributed by atoms with E-state index in [1.54, 1.807) is 53.8 Å². The first-order chi connectivity index (χ1) is 13.8. The molecule has 0 saturated heterocycles. The van der Waals surface area contributed by atoms with Gasteiger partial charge in [-0.05, 0) is 30.5 Å². The van der Waals surface area contributed by atoms with Gasteiger partial charge in [0.1, 0.15) is 6.61 Å². The lowest BCUT2D eigenvalue weighted by Crippen LogP contribution is -2.63. The Morgan fingerprint density at radius 3 is 2.10 bits per heavy atom. The Hall–Kier alpha value is -3.47. The number of esters is 1. The molecule has 0 bridgehead atoms. The zero-order valence-corrected chi connectivity index (χ0v) is 15.5. The Bertz CT molecular complexity index is 889. The topological polar surface area (TPSA) is 64.6 Å². The largest absolute Gasteiger partial charge is 0.463 e. The van der Waals surface area contributed by atoms with Gasteiger partial charge in [-0.3, -0.25) is 5.32 Å². The van der Waals surface area contributed by atoms with Crippen molar-refractivity contribution < 1.29 is 32.2 Å². The molecule has 5 nitrogen and oxygen atoms in total. The van der Waals surface area contributed by atoms with E-state index in [1.807, 2.05) is 5.92 Å². The van der Waals surface area contributed by atoms with Crippen LogP contribution in [0.2, 0.25) is 0 Å². The molecule has 0 aliphatic rings. The number of halogens is 3. The number of amides is 1. The fourth-order valence-electron chi connectivity index (χ4n) is 2.23. The van der Waals surface area contributed by atoms with Crippen molar-refractivity contribution in [1.29, 1.82) is 0 Å². The van der Waals surface area contributed by atoms with E-state index in [1.165, 1.54) is 19.1 Å². The summed E-state index contributed by atoms with van der Waals surface area (Å²) in [6, 6.07) is 16.1. The van der Waals surface area contributed by atoms with Crippen LogP contribution in [0.1, 0.15) is 18.1 Å². The minimum atomic E-state index is -5.26. The lowest BCUT2D eigenvalue weighted by Gasteiger charge is -2.29. The molecule has 0 aliphatic carbocycles. The van der Waals surface area contributed by atoms with Gasteiger partial charge in [0.05, 0.1) is 6.61 Å². The number of carbonyl (C=O) groups is 2. The number of benzene rings is 2. The van der Waals surface area contributed by atoms with Crippen LogP contribution in [0.3, 0.4) is 0 Å². The van der Waals surface area contributed by atoms with Crippen molar-refractivity contribution in [1.82, 2.24) is 5.32 Å². The highest BCUT2D eigenvalue weighted by Gasteiger charge is 2.63. The molecule has 1 N–H and O–H groups in total. The summed E-state index contributed by atoms with van der Waals surface area (Å²) in [6.07, 6.45) is -6.71. The third-order valence-corrected chi connectivity index (χ3v) is 3.68. The van der Waals surface area contributed by atoms with Gasteiger partial charge in [-0.25, -0.2) is 9.59 Å². The summed E-state index contributed by atoms with van der Waals surface area (Å²) in [7, 11) is 0. The Morgan fingerprint density at radius 1 is 0.966 bits per heavy atom. The van der Waals surface area contributed by atoms with Gasteiger partial charge < -0.3 is 9.47 Å². The standard InChI is InChI=1S/C21H18F3NO4/c1-2-28-18(26)20(21(22,23)24,14-13-16-9-5-3-6-10-16)25-19(27)29-15-17-11-7-4-8-12-17/h3-12H,2,15H2,1H3,(H,25,27)/t20-/m0/s1. The van der Waals surface area contributed by atoms with Gasteiger partial charge in [-0.15, -0.1) is 0 Å². The zero-order chi connectivity index (χ0) is 21.3. The molecule has 0 radical (unpaired) electrons. The Morgan fingerprint density at radius 2 is 1.55 bits per heavy atom. The Kier molecular flexibility index (Phi) is 7.26. The molecule has 8 heteroatoms. The van der Waals surface area contributed by atoms with Crippen LogP contribution >= 0.6 is 0 Å². The SMILES string of the molecule is CCOC(=O)[C@](C#Cc1ccccc1)(NC(=O)OCc1ccccc1)C(F)(F)F. The molecule has 152 valence electrons. The van der Waals surface area contributed by atoms with E-state index >= 15 is 0 Å². The normalized spacial score (nSPS) is 12.7. The highest BCUT2D eigenvalue weighted by Crippen LogP contribution is 2.32. The number of ether oxygens (including phenoxy) is 2. The molecular weight excluding hydrogens is 387 g/mol. The number of nitrogens with one attached hydrogen (secondary N) is 1. The van der Waals surface area contributed by atoms with Gasteiger partial charge in [0.25, 0.3) is 5.54 Å². The summed E-state index contributed by atoms with van der Waals surface area (Å²) in [4.78, 5) is 24.3. The van der Waals surface area contributed by atoms with Gasteiger partial charge in [0.15, 0.2) is 0 Å². The van der Waals surface area contributed by atoms with Gasteiger partial charge >= 0.3 is 18.2 Å². The molecule has 0 saturated carbocycles. The van der Waals surface area contributed by atoms with Gasteiger partial charge in [-0.1, -0.05) is 54.5 Å². The second-order valence-corrected chi connectivity index (χ2v) is 5.77. The molecule has 2 aromatic carbocycles. The van der Waals surface area contributed by atoms with E-state index in [0.29, 0.717) is 5.56 Å². The first-order valence-electron chi connectivity index (χ1n) is 8.59. The molecule has 0 aromatic heterocycles. The number of rotatable bonds is 5. The van der Waals surface area contributed by atoms with E-state index in [2.05, 4.69) is 10.7 Å². The number of alkyl halides is 3. The molecule has 2 rings (SSSR count). The van der Waals surface area contributed by atoms with Crippen LogP contribution in [0.25, 0.3) is 0 Å². The minimum Gasteiger partial charge on any atom is -0.463 e. The molecular formula is C21H18F3NO4. The van der Waals surface area contributed by atoms with E-state index in [9.17, 15) is 22.8 Å². The van der Waals surface area contributed by atoms with Crippen LogP contribution in [0, 0.1) is 11.8 Å². The second kappa shape index (κ2) is 9.64. The lowest BCUT2D eigenvalue weighted by molar-refractivity contribution is -0.198. The van der Waals surface area contributed by atoms with Crippen LogP contribution in [-0.2, 0) is 20.9 Å². The molecule has 1 atom stereocenters. The maximum atomic E-state index is 13.9. The molecule has 0 aliphatic heterocycles. The monoisotopic (exact) mass is 405 g/mol. The van der Waals surface area contributed by atoms with Crippen LogP contribution in [-0.4, -0.2) is 30.4 Å². The van der Waals surface area contributed by atoms with E-state index < -0.39 is 23.8 Å². The van der Waals surface area contributed by atoms with Crippen molar-refractivity contribution in [3.05, 3.63) is 71.8 Å². The molecule has 1 amide bonds. The minimum absolute atomic E-state index is 0.227. The van der Waals surface area contributed by atoms with Crippen molar-refractivity contribution in [2.45, 2.75) is 25.2 Å². The number of carbonyl (C=O) groups excluding carboxylic acids is 2. The van der Waals surface area contributed by atoms with Crippen molar-refractivity contribution in [2.75, 3.05) is 6.61 Å². The number of hydrogen-bond donors (Lipinski definition) is 1. The average Bonchev–Trinajstić information content (AvgIpc) is 2.70. The number of alkyl carbamates (subject to hydrolysis) is 1. The average molecular weight is 405 g/mol. The summed E-state index contributed by atoms with van der Waals surface area (Å²) in [5.74, 6) is 2.37. The summed E-state index contributed by atoms with van der Waals surface area (Å²) < 4.78 is 51.1. The maximum Gasteiger partial charge on any atom is 0.434 e. The summed E-state index contributed by atoms with van der Waals surface area (Å²) in [6.45, 7) is 0.733. The van der Waals surface area contributed by atoms with E-state index in [0.717, 1.165) is 0 Å². The smallest absolute Gasteiger partial charge is 0.434 e. The molecule has 0 unspecified atom stereocenters. The Labute approximate surface area is 165 Å². The predicted molar refractivity (Wildman–Crippen MR) is 98.5 cm³/mol. The molecule has 2 aromatic rings. The van der Waals surface area contributed by atoms with Gasteiger partial charge in [-0.2, -0.15) is 13.2 Å². The van der Waals surface area contributed by atoms with Crippen LogP contribution in [0.4, 0.5) is 18.0 Å². The van der Waals surface area contributed by atoms with E-state index in [-0.39, 0.29) is 18.8 Å². The lowest BCUT2D eigenvalue weighted by atomic mass is 9.99. The summed E-state index contributed by atoms with van der Waals surface area (Å²) in [5, 5.41) is 1.56. The molecule has 29 heavy (non-hydrogen) atoms. The molecule has 0 spiro atoms. The van der Waals surface area contributed by atoms with Crippen molar-refractivity contribution >= 4 is 12.1 Å². The first kappa shape index (κ1) is 21.8. The summed E-state index contributed by atoms with van der Waals surface area (Å²) >= 11 is 0. The predicted octanol–water partition coefficient (Wildman–Crippen LogP) is 3.83. The Balaban J connectivity index is 2.33. The fourth-order valence-corrected chi connectivity index (χ4v) is 2.23. The number of hydrogen-bond acceptors (Lipinski definition) is 4. The van der Waals surface area contributed by atoms with Crippen molar-refractivity contribution in [3.63, 3.8) is 0 Å². The van der Waals surface area contributed by atoms with Crippen LogP contribution < -0.4 is 5.32 Å². The quantitative estimate of drug-likeness (QED) is 0.607. The van der Waals surface area contributed by atoms with E-state index in [4.69, 9.17) is 4.74 Å². The highest BCUT2D eigenvalue weighted by molar-refractivity contribution is 5.91. The van der Waals surface area contributed by atoms with Gasteiger partial charge in [0.2, 0.25) is 0 Å². The third kappa shape index (κ3) is 5.75.